The predicted molar refractivity (Wildman–Crippen MR) is 113 cm³/mol. The summed E-state index contributed by atoms with van der Waals surface area (Å²) in [5.41, 5.74) is 1.24. The van der Waals surface area contributed by atoms with Crippen molar-refractivity contribution in [2.45, 2.75) is 6.54 Å². The zero-order valence-corrected chi connectivity index (χ0v) is 16.7. The number of fused-ring (bicyclic) bond motifs is 2. The Morgan fingerprint density at radius 1 is 0.966 bits per heavy atom. The molecule has 0 saturated carbocycles. The Balaban J connectivity index is 1.68. The lowest BCUT2D eigenvalue weighted by molar-refractivity contribution is 0.171. The molecule has 0 unspecified atom stereocenters. The summed E-state index contributed by atoms with van der Waals surface area (Å²) in [5.74, 6) is 1.36. The minimum Gasteiger partial charge on any atom is -0.486 e. The number of hydrogen-bond donors (Lipinski definition) is 0. The molecule has 2 aromatic heterocycles. The Morgan fingerprint density at radius 2 is 1.72 bits per heavy atom. The average Bonchev–Trinajstić information content (AvgIpc) is 3.23. The van der Waals surface area contributed by atoms with Crippen molar-refractivity contribution in [3.8, 4) is 17.2 Å². The summed E-state index contributed by atoms with van der Waals surface area (Å²) in [5, 5.41) is 2.36. The number of halogens is 1. The van der Waals surface area contributed by atoms with Crippen molar-refractivity contribution in [1.82, 2.24) is 9.13 Å². The van der Waals surface area contributed by atoms with Gasteiger partial charge in [-0.15, -0.1) is 11.3 Å². The van der Waals surface area contributed by atoms with Crippen molar-refractivity contribution >= 4 is 33.2 Å². The quantitative estimate of drug-likeness (QED) is 0.501. The first-order chi connectivity index (χ1) is 14.1. The number of benzene rings is 2. The van der Waals surface area contributed by atoms with Gasteiger partial charge in [-0.3, -0.25) is 9.36 Å². The Bertz CT molecular complexity index is 1340. The third-order valence-electron chi connectivity index (χ3n) is 4.79. The first-order valence-corrected chi connectivity index (χ1v) is 10.2. The molecule has 29 heavy (non-hydrogen) atoms. The maximum Gasteiger partial charge on any atom is 0.336 e. The van der Waals surface area contributed by atoms with E-state index in [0.717, 1.165) is 5.56 Å². The number of ether oxygens (including phenoxy) is 2. The summed E-state index contributed by atoms with van der Waals surface area (Å²) in [6, 6.07) is 14.1. The summed E-state index contributed by atoms with van der Waals surface area (Å²) in [6.07, 6.45) is 0. The summed E-state index contributed by atoms with van der Waals surface area (Å²) in [6.45, 7) is 1.32. The number of aromatic nitrogens is 2. The van der Waals surface area contributed by atoms with Crippen LogP contribution in [-0.4, -0.2) is 22.3 Å². The van der Waals surface area contributed by atoms with E-state index < -0.39 is 5.69 Å². The monoisotopic (exact) mass is 426 g/mol. The van der Waals surface area contributed by atoms with Gasteiger partial charge in [0.1, 0.15) is 17.9 Å². The van der Waals surface area contributed by atoms with Crippen LogP contribution in [0.5, 0.6) is 11.5 Å². The van der Waals surface area contributed by atoms with Gasteiger partial charge in [0.2, 0.25) is 0 Å². The van der Waals surface area contributed by atoms with Gasteiger partial charge in [-0.25, -0.2) is 9.36 Å². The van der Waals surface area contributed by atoms with E-state index in [0.29, 0.717) is 52.2 Å². The fraction of sp³-hybridized carbons (Fsp3) is 0.143. The van der Waals surface area contributed by atoms with Gasteiger partial charge in [-0.1, -0.05) is 17.7 Å². The second kappa shape index (κ2) is 7.09. The van der Waals surface area contributed by atoms with Crippen molar-refractivity contribution in [2.75, 3.05) is 13.2 Å². The Hall–Kier alpha value is -3.03. The van der Waals surface area contributed by atoms with Crippen molar-refractivity contribution in [2.24, 2.45) is 0 Å². The van der Waals surface area contributed by atoms with Crippen molar-refractivity contribution in [1.29, 1.82) is 0 Å². The molecule has 0 amide bonds. The van der Waals surface area contributed by atoms with Crippen LogP contribution in [0.15, 0.2) is 63.5 Å². The van der Waals surface area contributed by atoms with Crippen LogP contribution in [0.4, 0.5) is 0 Å². The van der Waals surface area contributed by atoms with E-state index in [9.17, 15) is 9.59 Å². The second-order valence-corrected chi connectivity index (χ2v) is 7.95. The molecule has 6 nitrogen and oxygen atoms in total. The van der Waals surface area contributed by atoms with Crippen LogP contribution in [-0.2, 0) is 6.54 Å². The Labute approximate surface area is 174 Å². The van der Waals surface area contributed by atoms with Crippen LogP contribution in [0.2, 0.25) is 5.02 Å². The predicted octanol–water partition coefficient (Wildman–Crippen LogP) is 3.69. The largest absolute Gasteiger partial charge is 0.486 e. The average molecular weight is 427 g/mol. The molecule has 0 N–H and O–H groups in total. The summed E-state index contributed by atoms with van der Waals surface area (Å²) < 4.78 is 14.5. The molecule has 1 aliphatic rings. The molecule has 146 valence electrons. The van der Waals surface area contributed by atoms with Crippen LogP contribution in [0, 0.1) is 0 Å². The van der Waals surface area contributed by atoms with Gasteiger partial charge in [-0.2, -0.15) is 0 Å². The van der Waals surface area contributed by atoms with Crippen molar-refractivity contribution in [3.05, 3.63) is 85.3 Å². The SMILES string of the molecule is O=c1c2sccc2n(Cc2ccc3c(c2)OCCO3)c(=O)n1-c1ccc(Cl)cc1. The lowest BCUT2D eigenvalue weighted by Gasteiger charge is -2.19. The van der Waals surface area contributed by atoms with E-state index in [2.05, 4.69) is 0 Å². The molecule has 0 atom stereocenters. The van der Waals surface area contributed by atoms with Crippen molar-refractivity contribution in [3.63, 3.8) is 0 Å². The highest BCUT2D eigenvalue weighted by molar-refractivity contribution is 7.17. The Morgan fingerprint density at radius 3 is 2.52 bits per heavy atom. The molecule has 3 heterocycles. The van der Waals surface area contributed by atoms with E-state index in [1.807, 2.05) is 23.6 Å². The standard InChI is InChI=1S/C21H15ClN2O4S/c22-14-2-4-15(5-3-14)24-20(25)19-16(7-10-29-19)23(21(24)26)12-13-1-6-17-18(11-13)28-9-8-27-17/h1-7,10-11H,8-9,12H2. The van der Waals surface area contributed by atoms with Gasteiger partial charge in [0.25, 0.3) is 5.56 Å². The Kier molecular flexibility index (Phi) is 4.41. The molecule has 0 radical (unpaired) electrons. The maximum atomic E-state index is 13.3. The van der Waals surface area contributed by atoms with Gasteiger partial charge in [0, 0.05) is 5.02 Å². The van der Waals surface area contributed by atoms with E-state index >= 15 is 0 Å². The molecule has 8 heteroatoms. The molecule has 0 bridgehead atoms. The molecule has 0 fully saturated rings. The molecular formula is C21H15ClN2O4S. The summed E-state index contributed by atoms with van der Waals surface area (Å²) in [4.78, 5) is 26.3. The van der Waals surface area contributed by atoms with Gasteiger partial charge < -0.3 is 9.47 Å². The molecular weight excluding hydrogens is 412 g/mol. The highest BCUT2D eigenvalue weighted by Gasteiger charge is 2.17. The van der Waals surface area contributed by atoms with Crippen molar-refractivity contribution < 1.29 is 9.47 Å². The van der Waals surface area contributed by atoms with Crippen LogP contribution < -0.4 is 20.7 Å². The van der Waals surface area contributed by atoms with Gasteiger partial charge in [0.15, 0.2) is 11.5 Å². The zero-order chi connectivity index (χ0) is 20.0. The smallest absolute Gasteiger partial charge is 0.336 e. The lowest BCUT2D eigenvalue weighted by atomic mass is 10.2. The van der Waals surface area contributed by atoms with Crippen LogP contribution in [0.3, 0.4) is 0 Å². The third kappa shape index (κ3) is 3.12. The fourth-order valence-corrected chi connectivity index (χ4v) is 4.38. The molecule has 2 aromatic carbocycles. The van der Waals surface area contributed by atoms with Crippen LogP contribution >= 0.6 is 22.9 Å². The highest BCUT2D eigenvalue weighted by Crippen LogP contribution is 2.31. The minimum absolute atomic E-state index is 0.302. The van der Waals surface area contributed by atoms with E-state index in [4.69, 9.17) is 21.1 Å². The zero-order valence-electron chi connectivity index (χ0n) is 15.1. The minimum atomic E-state index is -0.405. The van der Waals surface area contributed by atoms with Crippen LogP contribution in [0.1, 0.15) is 5.56 Å². The molecule has 0 aliphatic carbocycles. The number of nitrogens with zero attached hydrogens (tertiary/aromatic N) is 2. The first-order valence-electron chi connectivity index (χ1n) is 8.99. The molecule has 1 aliphatic heterocycles. The van der Waals surface area contributed by atoms with Gasteiger partial charge in [0.05, 0.1) is 17.7 Å². The van der Waals surface area contributed by atoms with Gasteiger partial charge >= 0.3 is 5.69 Å². The van der Waals surface area contributed by atoms with Crippen LogP contribution in [0.25, 0.3) is 15.9 Å². The van der Waals surface area contributed by atoms with Gasteiger partial charge in [-0.05, 0) is 53.4 Å². The maximum absolute atomic E-state index is 13.3. The molecule has 0 saturated heterocycles. The lowest BCUT2D eigenvalue weighted by Crippen LogP contribution is -2.38. The second-order valence-electron chi connectivity index (χ2n) is 6.60. The van der Waals surface area contributed by atoms with E-state index in [-0.39, 0.29) is 5.56 Å². The molecule has 0 spiro atoms. The molecule has 4 aromatic rings. The molecule has 5 rings (SSSR count). The first kappa shape index (κ1) is 18.0. The number of hydrogen-bond acceptors (Lipinski definition) is 5. The summed E-state index contributed by atoms with van der Waals surface area (Å²) >= 11 is 7.28. The summed E-state index contributed by atoms with van der Waals surface area (Å²) in [7, 11) is 0. The topological polar surface area (TPSA) is 62.5 Å². The number of rotatable bonds is 3. The fourth-order valence-electron chi connectivity index (χ4n) is 3.43. The number of thiophene rings is 1. The van der Waals surface area contributed by atoms with E-state index in [1.165, 1.54) is 15.9 Å². The van der Waals surface area contributed by atoms with E-state index in [1.54, 1.807) is 34.9 Å². The third-order valence-corrected chi connectivity index (χ3v) is 5.93. The highest BCUT2D eigenvalue weighted by atomic mass is 35.5. The normalized spacial score (nSPS) is 13.0.